The predicted molar refractivity (Wildman–Crippen MR) is 134 cm³/mol. The highest BCUT2D eigenvalue weighted by molar-refractivity contribution is 6.41. The Morgan fingerprint density at radius 2 is 1.97 bits per heavy atom. The summed E-state index contributed by atoms with van der Waals surface area (Å²) >= 11 is 12.7. The lowest BCUT2D eigenvalue weighted by atomic mass is 9.79. The Balaban J connectivity index is 1.40. The van der Waals surface area contributed by atoms with E-state index in [9.17, 15) is 4.79 Å². The van der Waals surface area contributed by atoms with Crippen molar-refractivity contribution < 1.29 is 4.79 Å². The van der Waals surface area contributed by atoms with Crippen LogP contribution >= 0.6 is 23.2 Å². The molecule has 2 aliphatic carbocycles. The molecule has 5 rings (SSSR count). The first-order chi connectivity index (χ1) is 15.4. The Kier molecular flexibility index (Phi) is 6.12. The third-order valence-electron chi connectivity index (χ3n) is 7.57. The second-order valence-electron chi connectivity index (χ2n) is 9.71. The molecule has 0 aromatic heterocycles. The Hall–Kier alpha value is -1.76. The molecule has 2 heterocycles. The van der Waals surface area contributed by atoms with Gasteiger partial charge in [0.15, 0.2) is 0 Å². The lowest BCUT2D eigenvalue weighted by Crippen LogP contribution is -2.47. The van der Waals surface area contributed by atoms with Crippen LogP contribution in [0, 0.1) is 23.7 Å². The lowest BCUT2D eigenvalue weighted by Gasteiger charge is -2.33. The number of amides is 1. The number of hydrogen-bond donors (Lipinski definition) is 1. The fourth-order valence-electron chi connectivity index (χ4n) is 5.86. The highest BCUT2D eigenvalue weighted by Gasteiger charge is 2.44. The van der Waals surface area contributed by atoms with Gasteiger partial charge in [-0.3, -0.25) is 15.2 Å². The minimum absolute atomic E-state index is 0.00739. The molecule has 4 aliphatic rings. The molecule has 0 spiro atoms. The fourth-order valence-corrected chi connectivity index (χ4v) is 6.35. The first-order valence-electron chi connectivity index (χ1n) is 11.6. The molecule has 3 unspecified atom stereocenters. The Bertz CT molecular complexity index is 998. The summed E-state index contributed by atoms with van der Waals surface area (Å²) in [7, 11) is 2.11. The normalized spacial score (nSPS) is 32.1. The molecule has 168 valence electrons. The maximum Gasteiger partial charge on any atom is 0.282 e. The standard InChI is InChI=1S/C24H29BCl2N4O/c1-14-22(24(32)29-30-12-16-3-2-4-17(16)13-30)28-31(21-10-9-19(26)11-20(21)27)23(14)15-5-7-18(25)8-6-15/h5,7-11,14-17,23H,2-4,6,12-13,25H2,1H3,(H,29,32)/t14-,15?,16?,17?,23+/m0/s1. The van der Waals surface area contributed by atoms with E-state index in [1.165, 1.54) is 24.7 Å². The van der Waals surface area contributed by atoms with Crippen LogP contribution in [0.25, 0.3) is 0 Å². The molecular formula is C24H29BCl2N4O. The maximum absolute atomic E-state index is 13.3. The molecule has 1 aromatic carbocycles. The number of hydrazone groups is 1. The number of halogens is 2. The summed E-state index contributed by atoms with van der Waals surface area (Å²) < 4.78 is 0. The molecule has 0 bridgehead atoms. The zero-order valence-corrected chi connectivity index (χ0v) is 20.1. The van der Waals surface area contributed by atoms with Crippen LogP contribution in [-0.4, -0.2) is 43.6 Å². The molecule has 1 N–H and O–H groups in total. The van der Waals surface area contributed by atoms with Gasteiger partial charge in [-0.05, 0) is 49.3 Å². The second-order valence-corrected chi connectivity index (χ2v) is 10.6. The van der Waals surface area contributed by atoms with Crippen molar-refractivity contribution in [2.75, 3.05) is 18.1 Å². The summed E-state index contributed by atoms with van der Waals surface area (Å²) in [6.45, 7) is 4.00. The fraction of sp³-hybridized carbons (Fsp3) is 0.500. The summed E-state index contributed by atoms with van der Waals surface area (Å²) in [5.74, 6) is 1.54. The first-order valence-corrected chi connectivity index (χ1v) is 12.4. The van der Waals surface area contributed by atoms with Crippen molar-refractivity contribution in [2.45, 2.75) is 38.6 Å². The predicted octanol–water partition coefficient (Wildman–Crippen LogP) is 4.03. The van der Waals surface area contributed by atoms with Crippen LogP contribution in [0.3, 0.4) is 0 Å². The van der Waals surface area contributed by atoms with Gasteiger partial charge in [0.2, 0.25) is 0 Å². The topological polar surface area (TPSA) is 47.9 Å². The van der Waals surface area contributed by atoms with E-state index in [1.807, 2.05) is 17.1 Å². The van der Waals surface area contributed by atoms with Crippen molar-refractivity contribution in [1.82, 2.24) is 10.4 Å². The zero-order valence-electron chi connectivity index (χ0n) is 18.6. The number of rotatable bonds is 4. The molecule has 32 heavy (non-hydrogen) atoms. The Labute approximate surface area is 200 Å². The smallest absolute Gasteiger partial charge is 0.282 e. The van der Waals surface area contributed by atoms with Gasteiger partial charge in [-0.1, -0.05) is 60.2 Å². The van der Waals surface area contributed by atoms with E-state index in [0.29, 0.717) is 15.8 Å². The maximum atomic E-state index is 13.3. The van der Waals surface area contributed by atoms with Gasteiger partial charge < -0.3 is 0 Å². The van der Waals surface area contributed by atoms with Gasteiger partial charge in [0.1, 0.15) is 13.6 Å². The number of hydrogen-bond acceptors (Lipinski definition) is 4. The third kappa shape index (κ3) is 4.13. The van der Waals surface area contributed by atoms with E-state index in [4.69, 9.17) is 28.3 Å². The van der Waals surface area contributed by atoms with Crippen LogP contribution in [0.2, 0.25) is 10.0 Å². The minimum Gasteiger partial charge on any atom is -0.284 e. The van der Waals surface area contributed by atoms with Gasteiger partial charge in [-0.15, -0.1) is 0 Å². The van der Waals surface area contributed by atoms with Crippen molar-refractivity contribution in [2.24, 2.45) is 28.8 Å². The second kappa shape index (κ2) is 8.88. The number of carbonyl (C=O) groups excluding carboxylic acids is 1. The number of carbonyl (C=O) groups is 1. The molecule has 1 saturated carbocycles. The van der Waals surface area contributed by atoms with Gasteiger partial charge in [-0.25, -0.2) is 5.01 Å². The highest BCUT2D eigenvalue weighted by atomic mass is 35.5. The number of anilines is 1. The van der Waals surface area contributed by atoms with Gasteiger partial charge in [-0.2, -0.15) is 5.10 Å². The molecule has 1 aromatic rings. The van der Waals surface area contributed by atoms with Crippen LogP contribution in [0.4, 0.5) is 5.69 Å². The average Bonchev–Trinajstić information content (AvgIpc) is 3.42. The minimum atomic E-state index is -0.0958. The average molecular weight is 471 g/mol. The Morgan fingerprint density at radius 3 is 2.62 bits per heavy atom. The van der Waals surface area contributed by atoms with Gasteiger partial charge in [0, 0.05) is 29.9 Å². The quantitative estimate of drug-likeness (QED) is 0.675. The number of benzene rings is 1. The SMILES string of the molecule is BC1=CCC([C@H]2[C@@H](C)C(C(=O)NN3CC4CCCC4C3)=NN2c2ccc(Cl)cc2Cl)C=C1. The summed E-state index contributed by atoms with van der Waals surface area (Å²) in [5.41, 5.74) is 5.78. The summed E-state index contributed by atoms with van der Waals surface area (Å²) in [6.07, 6.45) is 11.4. The zero-order chi connectivity index (χ0) is 22.4. The van der Waals surface area contributed by atoms with Crippen molar-refractivity contribution in [3.63, 3.8) is 0 Å². The summed E-state index contributed by atoms with van der Waals surface area (Å²) in [5, 5.41) is 10.0. The van der Waals surface area contributed by atoms with Crippen molar-refractivity contribution in [3.05, 3.63) is 51.9 Å². The molecule has 8 heteroatoms. The summed E-state index contributed by atoms with van der Waals surface area (Å²) in [4.78, 5) is 13.3. The van der Waals surface area contributed by atoms with Gasteiger partial charge in [0.05, 0.1) is 16.8 Å². The van der Waals surface area contributed by atoms with Crippen molar-refractivity contribution in [1.29, 1.82) is 0 Å². The highest BCUT2D eigenvalue weighted by Crippen LogP contribution is 2.40. The lowest BCUT2D eigenvalue weighted by molar-refractivity contribution is -0.119. The van der Waals surface area contributed by atoms with E-state index in [0.717, 1.165) is 37.0 Å². The number of nitrogens with one attached hydrogen (secondary N) is 1. The summed E-state index contributed by atoms with van der Waals surface area (Å²) in [6, 6.07) is 5.46. The number of nitrogens with zero attached hydrogens (tertiary/aromatic N) is 3. The van der Waals surface area contributed by atoms with Gasteiger partial charge >= 0.3 is 0 Å². The van der Waals surface area contributed by atoms with E-state index in [1.54, 1.807) is 6.07 Å². The van der Waals surface area contributed by atoms with E-state index in [2.05, 4.69) is 43.4 Å². The van der Waals surface area contributed by atoms with Crippen LogP contribution in [0.5, 0.6) is 0 Å². The molecule has 1 amide bonds. The molecule has 1 saturated heterocycles. The number of fused-ring (bicyclic) bond motifs is 1. The van der Waals surface area contributed by atoms with Crippen molar-refractivity contribution >= 4 is 48.4 Å². The van der Waals surface area contributed by atoms with Crippen molar-refractivity contribution in [3.8, 4) is 0 Å². The Morgan fingerprint density at radius 1 is 1.22 bits per heavy atom. The third-order valence-corrected chi connectivity index (χ3v) is 8.11. The van der Waals surface area contributed by atoms with Crippen LogP contribution in [0.1, 0.15) is 32.6 Å². The van der Waals surface area contributed by atoms with Crippen LogP contribution in [-0.2, 0) is 4.79 Å². The van der Waals surface area contributed by atoms with E-state index >= 15 is 0 Å². The monoisotopic (exact) mass is 470 g/mol. The number of allylic oxidation sites excluding steroid dienone is 3. The van der Waals surface area contributed by atoms with E-state index in [-0.39, 0.29) is 23.8 Å². The van der Waals surface area contributed by atoms with Crippen LogP contribution < -0.4 is 10.4 Å². The molecule has 2 fully saturated rings. The van der Waals surface area contributed by atoms with Gasteiger partial charge in [0.25, 0.3) is 5.91 Å². The van der Waals surface area contributed by atoms with Crippen LogP contribution in [0.15, 0.2) is 47.0 Å². The molecule has 5 atom stereocenters. The largest absolute Gasteiger partial charge is 0.284 e. The first kappa shape index (κ1) is 22.1. The van der Waals surface area contributed by atoms with E-state index < -0.39 is 0 Å². The molecule has 5 nitrogen and oxygen atoms in total. The molecule has 0 radical (unpaired) electrons. The molecular weight excluding hydrogens is 442 g/mol. The number of hydrazine groups is 1. The molecule has 2 aliphatic heterocycles.